The first kappa shape index (κ1) is 14.7. The quantitative estimate of drug-likeness (QED) is 0.945. The number of carbonyl (C=O) groups is 1. The molecule has 0 saturated heterocycles. The highest BCUT2D eigenvalue weighted by molar-refractivity contribution is 5.89. The molecular weight excluding hydrogens is 285 g/mol. The lowest BCUT2D eigenvalue weighted by atomic mass is 10.1. The maximum atomic E-state index is 12.8. The van der Waals surface area contributed by atoms with Crippen LogP contribution < -0.4 is 0 Å². The second-order valence-corrected chi connectivity index (χ2v) is 4.37. The van der Waals surface area contributed by atoms with Crippen molar-refractivity contribution in [2.45, 2.75) is 12.7 Å². The zero-order valence-electron chi connectivity index (χ0n) is 10.6. The van der Waals surface area contributed by atoms with E-state index in [2.05, 4.69) is 0 Å². The minimum absolute atomic E-state index is 0.0475. The van der Waals surface area contributed by atoms with Crippen LogP contribution in [0.4, 0.5) is 13.2 Å². The molecule has 1 heterocycles. The van der Waals surface area contributed by atoms with E-state index < -0.39 is 23.3 Å². The molecule has 7 heteroatoms. The normalized spacial score (nSPS) is 11.1. The Kier molecular flexibility index (Phi) is 3.72. The van der Waals surface area contributed by atoms with Crippen molar-refractivity contribution in [3.8, 4) is 6.07 Å². The number of nitrogens with zero attached hydrogens (tertiary/aromatic N) is 2. The maximum absolute atomic E-state index is 12.8. The Morgan fingerprint density at radius 2 is 2.05 bits per heavy atom. The lowest BCUT2D eigenvalue weighted by Gasteiger charge is -2.05. The number of carboxylic acid groups (broad SMARTS) is 1. The Bertz CT molecular complexity index is 727. The molecule has 0 unspecified atom stereocenters. The van der Waals surface area contributed by atoms with Crippen LogP contribution in [-0.4, -0.2) is 15.6 Å². The number of nitriles is 1. The molecule has 108 valence electrons. The van der Waals surface area contributed by atoms with Crippen LogP contribution in [0.25, 0.3) is 0 Å². The van der Waals surface area contributed by atoms with Crippen molar-refractivity contribution < 1.29 is 23.1 Å². The lowest BCUT2D eigenvalue weighted by molar-refractivity contribution is -0.138. The second kappa shape index (κ2) is 5.32. The fraction of sp³-hybridized carbons (Fsp3) is 0.143. The molecule has 4 nitrogen and oxygen atoms in total. The highest BCUT2D eigenvalue weighted by Crippen LogP contribution is 2.32. The maximum Gasteiger partial charge on any atom is 0.418 e. The summed E-state index contributed by atoms with van der Waals surface area (Å²) in [5.41, 5.74) is -0.991. The van der Waals surface area contributed by atoms with E-state index in [1.54, 1.807) is 18.2 Å². The van der Waals surface area contributed by atoms with Gasteiger partial charge in [-0.2, -0.15) is 18.4 Å². The molecule has 0 spiro atoms. The first-order valence-electron chi connectivity index (χ1n) is 5.80. The number of alkyl halides is 3. The highest BCUT2D eigenvalue weighted by atomic mass is 19.4. The van der Waals surface area contributed by atoms with Gasteiger partial charge in [0.15, 0.2) is 0 Å². The monoisotopic (exact) mass is 294 g/mol. The first-order chi connectivity index (χ1) is 9.81. The fourth-order valence-corrected chi connectivity index (χ4v) is 1.95. The van der Waals surface area contributed by atoms with E-state index in [4.69, 9.17) is 10.4 Å². The van der Waals surface area contributed by atoms with Gasteiger partial charge in [-0.1, -0.05) is 12.1 Å². The molecular formula is C14H9F3N2O2. The lowest BCUT2D eigenvalue weighted by Crippen LogP contribution is -2.09. The number of carboxylic acids is 1. The summed E-state index contributed by atoms with van der Waals surface area (Å²) in [5.74, 6) is -1.63. The number of hydrogen-bond donors (Lipinski definition) is 1. The molecule has 2 aromatic rings. The van der Waals surface area contributed by atoms with E-state index >= 15 is 0 Å². The average molecular weight is 294 g/mol. The molecule has 0 atom stereocenters. The van der Waals surface area contributed by atoms with Gasteiger partial charge in [-0.15, -0.1) is 0 Å². The van der Waals surface area contributed by atoms with Gasteiger partial charge in [0.1, 0.15) is 0 Å². The minimum atomic E-state index is -4.73. The average Bonchev–Trinajstić information content (AvgIpc) is 2.83. The molecule has 0 aliphatic heterocycles. The summed E-state index contributed by atoms with van der Waals surface area (Å²) in [6.45, 7) is 0.0475. The first-order valence-corrected chi connectivity index (χ1v) is 5.80. The zero-order valence-corrected chi connectivity index (χ0v) is 10.6. The largest absolute Gasteiger partial charge is 0.478 e. The number of benzene rings is 1. The van der Waals surface area contributed by atoms with Crippen molar-refractivity contribution in [1.82, 2.24) is 4.57 Å². The SMILES string of the molecule is N#Cc1cccc(Cn2cc(C(=O)O)c(C(F)(F)F)c2)c1. The van der Waals surface area contributed by atoms with Gasteiger partial charge in [0.05, 0.1) is 22.8 Å². The van der Waals surface area contributed by atoms with Crippen molar-refractivity contribution >= 4 is 5.97 Å². The number of aromatic carboxylic acids is 1. The van der Waals surface area contributed by atoms with Crippen LogP contribution in [0.2, 0.25) is 0 Å². The smallest absolute Gasteiger partial charge is 0.418 e. The molecule has 0 amide bonds. The molecule has 0 aliphatic rings. The number of aromatic nitrogens is 1. The Morgan fingerprint density at radius 3 is 2.57 bits per heavy atom. The molecule has 0 saturated carbocycles. The van der Waals surface area contributed by atoms with E-state index in [0.29, 0.717) is 11.1 Å². The van der Waals surface area contributed by atoms with Crippen LogP contribution in [-0.2, 0) is 12.7 Å². The second-order valence-electron chi connectivity index (χ2n) is 4.37. The third kappa shape index (κ3) is 3.23. The van der Waals surface area contributed by atoms with Crippen molar-refractivity contribution in [3.05, 3.63) is 58.9 Å². The standard InChI is InChI=1S/C14H9F3N2O2/c15-14(16,17)12-8-19(7-11(12)13(20)21)6-10-3-1-2-9(4-10)5-18/h1-4,7-8H,6H2,(H,20,21). The summed E-state index contributed by atoms with van der Waals surface area (Å²) in [5, 5.41) is 17.6. The van der Waals surface area contributed by atoms with Gasteiger partial charge in [-0.25, -0.2) is 4.79 Å². The highest BCUT2D eigenvalue weighted by Gasteiger charge is 2.36. The van der Waals surface area contributed by atoms with Crippen LogP contribution in [0.1, 0.15) is 27.0 Å². The molecule has 21 heavy (non-hydrogen) atoms. The van der Waals surface area contributed by atoms with E-state index in [9.17, 15) is 18.0 Å². The van der Waals surface area contributed by atoms with Crippen LogP contribution >= 0.6 is 0 Å². The Balaban J connectivity index is 2.37. The van der Waals surface area contributed by atoms with E-state index in [-0.39, 0.29) is 6.54 Å². The Morgan fingerprint density at radius 1 is 1.33 bits per heavy atom. The molecule has 1 aromatic carbocycles. The van der Waals surface area contributed by atoms with E-state index in [0.717, 1.165) is 17.0 Å². The van der Waals surface area contributed by atoms with Crippen LogP contribution in [0.15, 0.2) is 36.7 Å². The van der Waals surface area contributed by atoms with Gasteiger partial charge in [0, 0.05) is 18.9 Å². The topological polar surface area (TPSA) is 66.0 Å². The van der Waals surface area contributed by atoms with Crippen molar-refractivity contribution in [1.29, 1.82) is 5.26 Å². The van der Waals surface area contributed by atoms with Gasteiger partial charge in [0.25, 0.3) is 0 Å². The van der Waals surface area contributed by atoms with Crippen molar-refractivity contribution in [2.75, 3.05) is 0 Å². The van der Waals surface area contributed by atoms with Gasteiger partial charge in [-0.3, -0.25) is 0 Å². The number of hydrogen-bond acceptors (Lipinski definition) is 2. The van der Waals surface area contributed by atoms with Crippen LogP contribution in [0.3, 0.4) is 0 Å². The van der Waals surface area contributed by atoms with Gasteiger partial charge in [-0.05, 0) is 17.7 Å². The third-order valence-electron chi connectivity index (χ3n) is 2.84. The number of rotatable bonds is 3. The zero-order chi connectivity index (χ0) is 15.6. The van der Waals surface area contributed by atoms with E-state index in [1.807, 2.05) is 6.07 Å². The van der Waals surface area contributed by atoms with Crippen LogP contribution in [0.5, 0.6) is 0 Å². The number of halogens is 3. The summed E-state index contributed by atoms with van der Waals surface area (Å²) in [7, 11) is 0. The fourth-order valence-electron chi connectivity index (χ4n) is 1.95. The predicted octanol–water partition coefficient (Wildman–Crippen LogP) is 3.13. The Hall–Kier alpha value is -2.75. The van der Waals surface area contributed by atoms with Gasteiger partial charge >= 0.3 is 12.1 Å². The summed E-state index contributed by atoms with van der Waals surface area (Å²) >= 11 is 0. The molecule has 0 fully saturated rings. The molecule has 0 aliphatic carbocycles. The van der Waals surface area contributed by atoms with E-state index in [1.165, 1.54) is 6.07 Å². The molecule has 1 aromatic heterocycles. The third-order valence-corrected chi connectivity index (χ3v) is 2.84. The summed E-state index contributed by atoms with van der Waals surface area (Å²) in [4.78, 5) is 10.9. The predicted molar refractivity (Wildman–Crippen MR) is 66.7 cm³/mol. The molecule has 0 radical (unpaired) electrons. The molecule has 0 bridgehead atoms. The minimum Gasteiger partial charge on any atom is -0.478 e. The van der Waals surface area contributed by atoms with Crippen molar-refractivity contribution in [2.24, 2.45) is 0 Å². The molecule has 2 rings (SSSR count). The summed E-state index contributed by atoms with van der Waals surface area (Å²) in [6, 6.07) is 8.30. The van der Waals surface area contributed by atoms with Gasteiger partial charge < -0.3 is 9.67 Å². The summed E-state index contributed by atoms with van der Waals surface area (Å²) < 4.78 is 39.4. The van der Waals surface area contributed by atoms with Crippen LogP contribution in [0, 0.1) is 11.3 Å². The summed E-state index contributed by atoms with van der Waals surface area (Å²) in [6.07, 6.45) is -3.04. The van der Waals surface area contributed by atoms with Gasteiger partial charge in [0.2, 0.25) is 0 Å². The van der Waals surface area contributed by atoms with Crippen molar-refractivity contribution in [3.63, 3.8) is 0 Å². The Labute approximate surface area is 117 Å². The molecule has 1 N–H and O–H groups in total.